The molecule has 3 aromatic rings. The largest absolute Gasteiger partial charge is 0.454 e. The fourth-order valence-corrected chi connectivity index (χ4v) is 3.70. The van der Waals surface area contributed by atoms with Crippen LogP contribution in [0.5, 0.6) is 0 Å². The lowest BCUT2D eigenvalue weighted by molar-refractivity contribution is -0.120. The van der Waals surface area contributed by atoms with Crippen molar-refractivity contribution in [3.05, 3.63) is 77.0 Å². The Kier molecular flexibility index (Phi) is 5.02. The minimum atomic E-state index is -0.453. The predicted molar refractivity (Wildman–Crippen MR) is 110 cm³/mol. The van der Waals surface area contributed by atoms with Crippen LogP contribution in [-0.2, 0) is 16.0 Å². The van der Waals surface area contributed by atoms with Crippen molar-refractivity contribution in [3.8, 4) is 0 Å². The number of aromatic nitrogens is 1. The predicted octanol–water partition coefficient (Wildman–Crippen LogP) is 4.86. The van der Waals surface area contributed by atoms with E-state index in [0.29, 0.717) is 5.56 Å². The number of rotatable bonds is 4. The summed E-state index contributed by atoms with van der Waals surface area (Å²) in [4.78, 5) is 29.1. The molecule has 4 nitrogen and oxygen atoms in total. The third-order valence-electron chi connectivity index (χ3n) is 4.92. The maximum atomic E-state index is 12.9. The summed E-state index contributed by atoms with van der Waals surface area (Å²) in [6, 6.07) is 17.7. The number of allylic oxidation sites excluding steroid dienone is 1. The number of pyridine rings is 1. The molecule has 0 spiro atoms. The van der Waals surface area contributed by atoms with Gasteiger partial charge in [-0.1, -0.05) is 48.5 Å². The molecule has 28 heavy (non-hydrogen) atoms. The smallest absolute Gasteiger partial charge is 0.339 e. The van der Waals surface area contributed by atoms with Crippen molar-refractivity contribution < 1.29 is 14.3 Å². The number of carbonyl (C=O) groups is 2. The van der Waals surface area contributed by atoms with E-state index in [9.17, 15) is 9.59 Å². The van der Waals surface area contributed by atoms with Crippen LogP contribution in [0.3, 0.4) is 0 Å². The molecule has 4 heteroatoms. The zero-order valence-corrected chi connectivity index (χ0v) is 15.8. The molecule has 0 saturated carbocycles. The van der Waals surface area contributed by atoms with E-state index in [1.165, 1.54) is 6.92 Å². The summed E-state index contributed by atoms with van der Waals surface area (Å²) in [6.45, 7) is 1.20. The molecule has 0 unspecified atom stereocenters. The van der Waals surface area contributed by atoms with Gasteiger partial charge in [-0.25, -0.2) is 9.78 Å². The van der Waals surface area contributed by atoms with E-state index in [-0.39, 0.29) is 12.4 Å². The van der Waals surface area contributed by atoms with Crippen LogP contribution >= 0.6 is 0 Å². The number of hydrogen-bond donors (Lipinski definition) is 0. The molecule has 0 aliphatic heterocycles. The van der Waals surface area contributed by atoms with Crippen molar-refractivity contribution >= 4 is 34.3 Å². The average Bonchev–Trinajstić information content (AvgIpc) is 2.71. The lowest BCUT2D eigenvalue weighted by Gasteiger charge is -2.22. The van der Waals surface area contributed by atoms with Gasteiger partial charge in [0, 0.05) is 5.39 Å². The number of ketones is 1. The van der Waals surface area contributed by atoms with Crippen molar-refractivity contribution in [2.24, 2.45) is 0 Å². The van der Waals surface area contributed by atoms with E-state index in [1.807, 2.05) is 42.5 Å². The molecule has 0 amide bonds. The van der Waals surface area contributed by atoms with Crippen molar-refractivity contribution in [1.29, 1.82) is 0 Å². The minimum Gasteiger partial charge on any atom is -0.454 e. The van der Waals surface area contributed by atoms with Crippen molar-refractivity contribution in [3.63, 3.8) is 0 Å². The fourth-order valence-electron chi connectivity index (χ4n) is 3.70. The number of esters is 1. The molecule has 1 heterocycles. The van der Waals surface area contributed by atoms with Crippen LogP contribution in [0, 0.1) is 0 Å². The average molecular weight is 371 g/mol. The van der Waals surface area contributed by atoms with Crippen LogP contribution in [0.1, 0.15) is 46.9 Å². The van der Waals surface area contributed by atoms with E-state index in [1.54, 1.807) is 0 Å². The summed E-state index contributed by atoms with van der Waals surface area (Å²) in [5.74, 6) is -0.628. The first-order valence-electron chi connectivity index (χ1n) is 9.47. The Morgan fingerprint density at radius 2 is 1.79 bits per heavy atom. The third kappa shape index (κ3) is 3.58. The van der Waals surface area contributed by atoms with Gasteiger partial charge in [-0.15, -0.1) is 0 Å². The van der Waals surface area contributed by atoms with Gasteiger partial charge in [0.15, 0.2) is 5.78 Å². The topological polar surface area (TPSA) is 56.3 Å². The lowest BCUT2D eigenvalue weighted by atomic mass is 9.86. The maximum Gasteiger partial charge on any atom is 0.339 e. The summed E-state index contributed by atoms with van der Waals surface area (Å²) in [7, 11) is 0. The molecule has 0 radical (unpaired) electrons. The van der Waals surface area contributed by atoms with Crippen molar-refractivity contribution in [1.82, 2.24) is 4.98 Å². The molecule has 140 valence electrons. The Morgan fingerprint density at radius 3 is 2.57 bits per heavy atom. The Morgan fingerprint density at radius 1 is 1.04 bits per heavy atom. The second kappa shape index (κ2) is 7.77. The van der Waals surface area contributed by atoms with Gasteiger partial charge in [0.25, 0.3) is 0 Å². The molecule has 0 saturated heterocycles. The molecular weight excluding hydrogens is 350 g/mol. The van der Waals surface area contributed by atoms with E-state index >= 15 is 0 Å². The molecule has 0 fully saturated rings. The maximum absolute atomic E-state index is 12.9. The van der Waals surface area contributed by atoms with Crippen LogP contribution < -0.4 is 0 Å². The van der Waals surface area contributed by atoms with Crippen LogP contribution in [0.25, 0.3) is 22.6 Å². The highest BCUT2D eigenvalue weighted by atomic mass is 16.5. The number of hydrogen-bond acceptors (Lipinski definition) is 4. The Balaban J connectivity index is 1.88. The zero-order valence-electron chi connectivity index (χ0n) is 15.8. The zero-order chi connectivity index (χ0) is 19.5. The SMILES string of the molecule is CC(=O)COC(=O)c1c2c(nc3ccccc13)/C(=C/c1ccccc1)CCC2. The summed E-state index contributed by atoms with van der Waals surface area (Å²) in [6.07, 6.45) is 4.77. The van der Waals surface area contributed by atoms with Crippen LogP contribution in [-0.4, -0.2) is 23.3 Å². The second-order valence-electron chi connectivity index (χ2n) is 7.04. The molecule has 1 aliphatic carbocycles. The molecule has 1 aliphatic rings. The Hall–Kier alpha value is -3.27. The molecule has 0 N–H and O–H groups in total. The van der Waals surface area contributed by atoms with Gasteiger partial charge in [0.1, 0.15) is 6.61 Å². The van der Waals surface area contributed by atoms with Gasteiger partial charge in [-0.05, 0) is 55.0 Å². The van der Waals surface area contributed by atoms with Crippen LogP contribution in [0.2, 0.25) is 0 Å². The molecular formula is C24H21NO3. The van der Waals surface area contributed by atoms with Crippen LogP contribution in [0.4, 0.5) is 0 Å². The normalized spacial score (nSPS) is 14.7. The number of ether oxygens (including phenoxy) is 1. The molecule has 0 atom stereocenters. The number of benzene rings is 2. The van der Waals surface area contributed by atoms with Crippen LogP contribution in [0.15, 0.2) is 54.6 Å². The van der Waals surface area contributed by atoms with E-state index in [2.05, 4.69) is 18.2 Å². The fraction of sp³-hybridized carbons (Fsp3) is 0.208. The van der Waals surface area contributed by atoms with Crippen molar-refractivity contribution in [2.45, 2.75) is 26.2 Å². The van der Waals surface area contributed by atoms with Gasteiger partial charge in [0.05, 0.1) is 16.8 Å². The number of nitrogens with zero attached hydrogens (tertiary/aromatic N) is 1. The van der Waals surface area contributed by atoms with Gasteiger partial charge in [0.2, 0.25) is 0 Å². The molecule has 2 aromatic carbocycles. The van der Waals surface area contributed by atoms with Crippen molar-refractivity contribution in [2.75, 3.05) is 6.61 Å². The summed E-state index contributed by atoms with van der Waals surface area (Å²) in [5, 5.41) is 0.774. The lowest BCUT2D eigenvalue weighted by Crippen LogP contribution is -2.17. The van der Waals surface area contributed by atoms with Gasteiger partial charge >= 0.3 is 5.97 Å². The first kappa shape index (κ1) is 18.1. The summed E-state index contributed by atoms with van der Waals surface area (Å²) < 4.78 is 5.28. The quantitative estimate of drug-likeness (QED) is 0.615. The van der Waals surface area contributed by atoms with Gasteiger partial charge < -0.3 is 4.74 Å². The minimum absolute atomic E-state index is 0.176. The molecule has 1 aromatic heterocycles. The van der Waals surface area contributed by atoms with Gasteiger partial charge in [-0.2, -0.15) is 0 Å². The first-order chi connectivity index (χ1) is 13.6. The third-order valence-corrected chi connectivity index (χ3v) is 4.92. The Labute approximate surface area is 163 Å². The molecule has 4 rings (SSSR count). The monoisotopic (exact) mass is 371 g/mol. The first-order valence-corrected chi connectivity index (χ1v) is 9.47. The molecule has 0 bridgehead atoms. The highest BCUT2D eigenvalue weighted by molar-refractivity contribution is 6.07. The summed E-state index contributed by atoms with van der Waals surface area (Å²) in [5.41, 5.74) is 5.32. The number of carbonyl (C=O) groups excluding carboxylic acids is 2. The second-order valence-corrected chi connectivity index (χ2v) is 7.04. The van der Waals surface area contributed by atoms with Gasteiger partial charge in [-0.3, -0.25) is 4.79 Å². The Bertz CT molecular complexity index is 1080. The van der Waals surface area contributed by atoms with E-state index in [0.717, 1.165) is 52.6 Å². The number of fused-ring (bicyclic) bond motifs is 2. The van der Waals surface area contributed by atoms with E-state index in [4.69, 9.17) is 9.72 Å². The summed E-state index contributed by atoms with van der Waals surface area (Å²) >= 11 is 0. The number of Topliss-reactive ketones (excluding diaryl/α,β-unsaturated/α-hetero) is 1. The number of para-hydroxylation sites is 1. The highest BCUT2D eigenvalue weighted by Gasteiger charge is 2.26. The standard InChI is InChI=1S/C24H21NO3/c1-16(26)15-28-24(27)22-19-11-5-6-13-21(19)25-23-18(10-7-12-20(22)23)14-17-8-3-2-4-9-17/h2-6,8-9,11,13-14H,7,10,12,15H2,1H3/b18-14+. The highest BCUT2D eigenvalue weighted by Crippen LogP contribution is 2.36. The van der Waals surface area contributed by atoms with E-state index < -0.39 is 5.97 Å².